The number of aromatic amines is 1. The number of hydrogen-bond acceptors (Lipinski definition) is 5. The lowest BCUT2D eigenvalue weighted by Crippen LogP contribution is -2.26. The summed E-state index contributed by atoms with van der Waals surface area (Å²) < 4.78 is 10.0. The van der Waals surface area contributed by atoms with E-state index in [2.05, 4.69) is 23.2 Å². The summed E-state index contributed by atoms with van der Waals surface area (Å²) in [6.45, 7) is 4.32. The quantitative estimate of drug-likeness (QED) is 0.848. The standard InChI is InChI=1S/C19H26N2O4/c1-4-25-19(23)14-7-5-12(9-11(14)2)17-15-8-6-13(18(22)24-3)10-16(15)20-21-17/h9,11,13-14H,4-8,10H2,1-3H3,(H,20,21)/t11-,13?,14+/m0/s1. The average molecular weight is 346 g/mol. The van der Waals surface area contributed by atoms with E-state index in [1.54, 1.807) is 0 Å². The molecule has 0 spiro atoms. The van der Waals surface area contributed by atoms with Gasteiger partial charge in [-0.15, -0.1) is 0 Å². The molecule has 1 heterocycles. The molecule has 136 valence electrons. The first-order chi connectivity index (χ1) is 12.0. The number of nitrogens with one attached hydrogen (secondary N) is 1. The topological polar surface area (TPSA) is 81.3 Å². The number of methoxy groups -OCH3 is 1. The molecular formula is C19H26N2O4. The third-order valence-electron chi connectivity index (χ3n) is 5.40. The second-order valence-corrected chi connectivity index (χ2v) is 6.94. The monoisotopic (exact) mass is 346 g/mol. The van der Waals surface area contributed by atoms with Crippen LogP contribution < -0.4 is 0 Å². The van der Waals surface area contributed by atoms with Crippen LogP contribution in [0.2, 0.25) is 0 Å². The SMILES string of the molecule is CCOC(=O)[C@@H]1CCC(c2n[nH]c3c2CCC(C(=O)OC)C3)=C[C@@H]1C. The summed E-state index contributed by atoms with van der Waals surface area (Å²) >= 11 is 0. The Morgan fingerprint density at radius 2 is 2.08 bits per heavy atom. The van der Waals surface area contributed by atoms with Gasteiger partial charge in [0, 0.05) is 17.7 Å². The molecule has 6 nitrogen and oxygen atoms in total. The second-order valence-electron chi connectivity index (χ2n) is 6.94. The largest absolute Gasteiger partial charge is 0.469 e. The zero-order chi connectivity index (χ0) is 18.0. The van der Waals surface area contributed by atoms with Crippen LogP contribution in [0.5, 0.6) is 0 Å². The van der Waals surface area contributed by atoms with Crippen molar-refractivity contribution in [3.63, 3.8) is 0 Å². The first-order valence-electron chi connectivity index (χ1n) is 9.06. The van der Waals surface area contributed by atoms with Crippen LogP contribution in [0.15, 0.2) is 6.08 Å². The van der Waals surface area contributed by atoms with E-state index >= 15 is 0 Å². The summed E-state index contributed by atoms with van der Waals surface area (Å²) in [7, 11) is 1.43. The fraction of sp³-hybridized carbons (Fsp3) is 0.632. The number of carbonyl (C=O) groups is 2. The van der Waals surface area contributed by atoms with E-state index in [-0.39, 0.29) is 29.7 Å². The zero-order valence-corrected chi connectivity index (χ0v) is 15.1. The van der Waals surface area contributed by atoms with Crippen LogP contribution in [-0.2, 0) is 31.9 Å². The average Bonchev–Trinajstić information content (AvgIpc) is 3.04. The molecular weight excluding hydrogens is 320 g/mol. The number of rotatable bonds is 4. The third kappa shape index (κ3) is 3.48. The van der Waals surface area contributed by atoms with Gasteiger partial charge in [0.15, 0.2) is 0 Å². The van der Waals surface area contributed by atoms with Crippen molar-refractivity contribution in [1.29, 1.82) is 0 Å². The number of hydrogen-bond donors (Lipinski definition) is 1. The third-order valence-corrected chi connectivity index (χ3v) is 5.40. The fourth-order valence-corrected chi connectivity index (χ4v) is 4.01. The van der Waals surface area contributed by atoms with E-state index in [1.807, 2.05) is 6.92 Å². The van der Waals surface area contributed by atoms with Crippen molar-refractivity contribution in [2.24, 2.45) is 17.8 Å². The Labute approximate surface area is 148 Å². The predicted molar refractivity (Wildman–Crippen MR) is 92.6 cm³/mol. The van der Waals surface area contributed by atoms with E-state index < -0.39 is 0 Å². The number of nitrogens with zero attached hydrogens (tertiary/aromatic N) is 1. The molecule has 25 heavy (non-hydrogen) atoms. The molecule has 0 bridgehead atoms. The lowest BCUT2D eigenvalue weighted by atomic mass is 9.79. The van der Waals surface area contributed by atoms with Crippen molar-refractivity contribution in [1.82, 2.24) is 10.2 Å². The van der Waals surface area contributed by atoms with Crippen LogP contribution in [-0.4, -0.2) is 35.9 Å². The van der Waals surface area contributed by atoms with Gasteiger partial charge in [0.2, 0.25) is 0 Å². The molecule has 0 fully saturated rings. The van der Waals surface area contributed by atoms with E-state index in [9.17, 15) is 9.59 Å². The van der Waals surface area contributed by atoms with Gasteiger partial charge in [0.25, 0.3) is 0 Å². The Balaban J connectivity index is 1.77. The number of carbonyl (C=O) groups excluding carboxylic acids is 2. The van der Waals surface area contributed by atoms with E-state index in [1.165, 1.54) is 18.2 Å². The Morgan fingerprint density at radius 3 is 2.76 bits per heavy atom. The summed E-state index contributed by atoms with van der Waals surface area (Å²) in [5, 5.41) is 7.63. The van der Waals surface area contributed by atoms with Gasteiger partial charge in [-0.25, -0.2) is 0 Å². The van der Waals surface area contributed by atoms with E-state index in [0.29, 0.717) is 13.0 Å². The molecule has 0 amide bonds. The molecule has 0 saturated heterocycles. The molecule has 3 rings (SSSR count). The van der Waals surface area contributed by atoms with E-state index in [0.717, 1.165) is 37.1 Å². The van der Waals surface area contributed by atoms with Gasteiger partial charge in [0.05, 0.1) is 31.2 Å². The Morgan fingerprint density at radius 1 is 1.28 bits per heavy atom. The number of esters is 2. The highest BCUT2D eigenvalue weighted by atomic mass is 16.5. The molecule has 0 radical (unpaired) electrons. The number of H-pyrrole nitrogens is 1. The highest BCUT2D eigenvalue weighted by Gasteiger charge is 2.33. The van der Waals surface area contributed by atoms with Crippen molar-refractivity contribution in [3.8, 4) is 0 Å². The second kappa shape index (κ2) is 7.42. The zero-order valence-electron chi connectivity index (χ0n) is 15.1. The fourth-order valence-electron chi connectivity index (χ4n) is 4.01. The number of allylic oxidation sites excluding steroid dienone is 2. The smallest absolute Gasteiger partial charge is 0.309 e. The maximum Gasteiger partial charge on any atom is 0.309 e. The molecule has 0 saturated carbocycles. The van der Waals surface area contributed by atoms with Crippen LogP contribution in [0, 0.1) is 17.8 Å². The molecule has 2 aliphatic rings. The van der Waals surface area contributed by atoms with Crippen molar-refractivity contribution in [2.45, 2.75) is 46.0 Å². The van der Waals surface area contributed by atoms with E-state index in [4.69, 9.17) is 9.47 Å². The summed E-state index contributed by atoms with van der Waals surface area (Å²) in [5.41, 5.74) is 4.46. The molecule has 0 aliphatic heterocycles. The van der Waals surface area contributed by atoms with Crippen LogP contribution in [0.4, 0.5) is 0 Å². The Bertz CT molecular complexity index is 692. The van der Waals surface area contributed by atoms with Crippen molar-refractivity contribution in [2.75, 3.05) is 13.7 Å². The number of ether oxygens (including phenoxy) is 2. The van der Waals surface area contributed by atoms with Gasteiger partial charge < -0.3 is 9.47 Å². The normalized spacial score (nSPS) is 25.7. The number of aromatic nitrogens is 2. The van der Waals surface area contributed by atoms with Gasteiger partial charge in [-0.1, -0.05) is 13.0 Å². The molecule has 3 atom stereocenters. The summed E-state index contributed by atoms with van der Waals surface area (Å²) in [6, 6.07) is 0. The molecule has 6 heteroatoms. The summed E-state index contributed by atoms with van der Waals surface area (Å²) in [4.78, 5) is 23.8. The van der Waals surface area contributed by atoms with Crippen molar-refractivity contribution < 1.29 is 19.1 Å². The lowest BCUT2D eigenvalue weighted by molar-refractivity contribution is -0.149. The molecule has 1 aromatic heterocycles. The highest BCUT2D eigenvalue weighted by Crippen LogP contribution is 2.37. The molecule has 2 aliphatic carbocycles. The summed E-state index contributed by atoms with van der Waals surface area (Å²) in [5.74, 6) is -0.262. The van der Waals surface area contributed by atoms with Crippen molar-refractivity contribution >= 4 is 17.5 Å². The van der Waals surface area contributed by atoms with Crippen LogP contribution >= 0.6 is 0 Å². The molecule has 1 unspecified atom stereocenters. The minimum absolute atomic E-state index is 0.0674. The predicted octanol–water partition coefficient (Wildman–Crippen LogP) is 2.68. The van der Waals surface area contributed by atoms with Crippen molar-refractivity contribution in [3.05, 3.63) is 23.0 Å². The van der Waals surface area contributed by atoms with Crippen LogP contribution in [0.1, 0.15) is 50.1 Å². The summed E-state index contributed by atoms with van der Waals surface area (Å²) in [6.07, 6.45) is 6.05. The molecule has 1 N–H and O–H groups in total. The maximum absolute atomic E-state index is 12.0. The van der Waals surface area contributed by atoms with Gasteiger partial charge >= 0.3 is 11.9 Å². The maximum atomic E-state index is 12.0. The molecule has 1 aromatic rings. The minimum atomic E-state index is -0.149. The van der Waals surface area contributed by atoms with Crippen LogP contribution in [0.3, 0.4) is 0 Å². The van der Waals surface area contributed by atoms with Gasteiger partial charge in [-0.05, 0) is 44.1 Å². The highest BCUT2D eigenvalue weighted by molar-refractivity contribution is 5.77. The number of fused-ring (bicyclic) bond motifs is 1. The molecule has 0 aromatic carbocycles. The van der Waals surface area contributed by atoms with Crippen LogP contribution in [0.25, 0.3) is 5.57 Å². The first kappa shape index (κ1) is 17.7. The van der Waals surface area contributed by atoms with Gasteiger partial charge in [-0.3, -0.25) is 14.7 Å². The lowest BCUT2D eigenvalue weighted by Gasteiger charge is -2.26. The van der Waals surface area contributed by atoms with Gasteiger partial charge in [-0.2, -0.15) is 5.10 Å². The Hall–Kier alpha value is -2.11. The van der Waals surface area contributed by atoms with Gasteiger partial charge in [0.1, 0.15) is 0 Å². The Kier molecular flexibility index (Phi) is 5.25. The first-order valence-corrected chi connectivity index (χ1v) is 9.06. The minimum Gasteiger partial charge on any atom is -0.469 e.